The lowest BCUT2D eigenvalue weighted by Gasteiger charge is -2.46. The van der Waals surface area contributed by atoms with Gasteiger partial charge in [0.25, 0.3) is 0 Å². The number of methoxy groups -OCH3 is 1. The second-order valence-electron chi connectivity index (χ2n) is 12.1. The van der Waals surface area contributed by atoms with Gasteiger partial charge in [0.2, 0.25) is 5.91 Å². The van der Waals surface area contributed by atoms with Crippen LogP contribution < -0.4 is 5.32 Å². The lowest BCUT2D eigenvalue weighted by atomic mass is 9.91. The number of hydrogen-bond donors (Lipinski definition) is 8. The summed E-state index contributed by atoms with van der Waals surface area (Å²) in [5.41, 5.74) is 0. The Kier molecular flexibility index (Phi) is 18.5. The number of carboxylic acid groups (broad SMARTS) is 1. The minimum atomic E-state index is -5.04. The van der Waals surface area contributed by atoms with Crippen LogP contribution in [0.5, 0.6) is 0 Å². The van der Waals surface area contributed by atoms with Gasteiger partial charge >= 0.3 is 26.8 Å². The maximum Gasteiger partial charge on any atom is 0.397 e. The third kappa shape index (κ3) is 14.3. The SMILES string of the molecule is CCNC(=O)CCSC=CCO/N=C\[C@@H]1O[C@H](COS(=O)(=O)O)[C@H](O[C@@H]2OC(C(=O)O)[C@@H](O[C@@H]3OC(COS(=O)(=O)O)[C@@H](OC)[C@H](O)C3C)[C@H](O)C2O)C1O. The molecule has 0 aromatic heterocycles. The van der Waals surface area contributed by atoms with Crippen molar-refractivity contribution in [2.75, 3.05) is 39.2 Å². The van der Waals surface area contributed by atoms with Gasteiger partial charge in [0.05, 0.1) is 25.5 Å². The van der Waals surface area contributed by atoms with Gasteiger partial charge in [-0.3, -0.25) is 13.9 Å². The maximum absolute atomic E-state index is 12.3. The number of carboxylic acids is 1. The predicted octanol–water partition coefficient (Wildman–Crippen LogP) is -3.43. The van der Waals surface area contributed by atoms with Crippen molar-refractivity contribution in [1.29, 1.82) is 0 Å². The van der Waals surface area contributed by atoms with Crippen LogP contribution in [0.1, 0.15) is 20.3 Å². The maximum atomic E-state index is 12.3. The number of hydrogen-bond acceptors (Lipinski definition) is 21. The average Bonchev–Trinajstić information content (AvgIpc) is 3.39. The topological polar surface area (TPSA) is 351 Å². The molecule has 1 amide bonds. The standard InChI is InChI=1S/C28H46N2O22S3/c1-4-29-17(31)6-9-53-8-5-7-45-30-10-14-19(33)23(16(48-14)12-47-55(41,42)43)50-28-21(35)20(34)24(25(52-28)26(36)37)51-27-13(2)18(32)22(44-3)15(49-27)11-46-54(38,39)40/h5,8,10,13-16,18-25,27-28,32-35H,4,6-7,9,11-12H2,1-3H3,(H,29,31)(H,36,37)(H,38,39,40)(H,41,42,43)/b8-5?,30-10-/t13?,14-,15?,16+,18+,19?,20+,21?,22+,23-,24-,25?,27-,28+/m0/s1. The summed E-state index contributed by atoms with van der Waals surface area (Å²) in [4.78, 5) is 28.9. The van der Waals surface area contributed by atoms with Crippen molar-refractivity contribution < 1.29 is 103 Å². The fourth-order valence-electron chi connectivity index (χ4n) is 5.54. The summed E-state index contributed by atoms with van der Waals surface area (Å²) in [5.74, 6) is -2.38. The zero-order chi connectivity index (χ0) is 41.1. The normalized spacial score (nSPS) is 36.0. The Bertz CT molecular complexity index is 1520. The van der Waals surface area contributed by atoms with Gasteiger partial charge in [-0.1, -0.05) is 12.1 Å². The number of amides is 1. The van der Waals surface area contributed by atoms with Gasteiger partial charge < -0.3 is 64.1 Å². The van der Waals surface area contributed by atoms with Gasteiger partial charge in [0.15, 0.2) is 18.7 Å². The molecule has 3 rings (SSSR count). The number of aliphatic carboxylic acids is 1. The van der Waals surface area contributed by atoms with Gasteiger partial charge in [-0.25, -0.2) is 13.2 Å². The largest absolute Gasteiger partial charge is 0.479 e. The Morgan fingerprint density at radius 3 is 2.05 bits per heavy atom. The molecular formula is C28H46N2O22S3. The molecule has 0 radical (unpaired) electrons. The van der Waals surface area contributed by atoms with Crippen molar-refractivity contribution in [2.24, 2.45) is 11.1 Å². The lowest BCUT2D eigenvalue weighted by molar-refractivity contribution is -0.353. The summed E-state index contributed by atoms with van der Waals surface area (Å²) in [5, 5.41) is 61.8. The molecule has 3 aliphatic heterocycles. The molecule has 0 aromatic rings. The molecule has 0 saturated carbocycles. The van der Waals surface area contributed by atoms with Crippen molar-refractivity contribution >= 4 is 50.7 Å². The van der Waals surface area contributed by atoms with Crippen LogP contribution in [-0.4, -0.2) is 189 Å². The number of aliphatic hydroxyl groups is 4. The van der Waals surface area contributed by atoms with E-state index in [0.717, 1.165) is 13.3 Å². The number of nitrogens with one attached hydrogen (secondary N) is 1. The number of rotatable bonds is 21. The molecule has 14 atom stereocenters. The van der Waals surface area contributed by atoms with Crippen molar-refractivity contribution in [3.05, 3.63) is 11.5 Å². The van der Waals surface area contributed by atoms with E-state index < -0.39 is 126 Å². The van der Waals surface area contributed by atoms with Crippen molar-refractivity contribution in [1.82, 2.24) is 5.32 Å². The van der Waals surface area contributed by atoms with Crippen LogP contribution in [0.4, 0.5) is 0 Å². The molecule has 3 saturated heterocycles. The number of thioether (sulfide) groups is 1. The third-order valence-corrected chi connectivity index (χ3v) is 9.92. The minimum absolute atomic E-state index is 0.0435. The van der Waals surface area contributed by atoms with Crippen molar-refractivity contribution in [2.45, 2.75) is 100.0 Å². The first-order valence-electron chi connectivity index (χ1n) is 16.5. The molecule has 55 heavy (non-hydrogen) atoms. The van der Waals surface area contributed by atoms with E-state index in [1.807, 2.05) is 0 Å². The van der Waals surface area contributed by atoms with Crippen molar-refractivity contribution in [3.63, 3.8) is 0 Å². The molecule has 0 spiro atoms. The summed E-state index contributed by atoms with van der Waals surface area (Å²) in [6.45, 7) is 1.82. The highest BCUT2D eigenvalue weighted by Gasteiger charge is 2.55. The fourth-order valence-corrected chi connectivity index (χ4v) is 6.81. The molecule has 5 unspecified atom stereocenters. The molecule has 3 aliphatic rings. The van der Waals surface area contributed by atoms with Gasteiger partial charge in [-0.05, 0) is 18.4 Å². The number of aliphatic hydroxyl groups excluding tert-OH is 4. The summed E-state index contributed by atoms with van der Waals surface area (Å²) >= 11 is 1.35. The van der Waals surface area contributed by atoms with Crippen LogP contribution in [-0.2, 0) is 72.0 Å². The molecular weight excluding hydrogens is 813 g/mol. The smallest absolute Gasteiger partial charge is 0.397 e. The first-order chi connectivity index (χ1) is 25.8. The Labute approximate surface area is 319 Å². The summed E-state index contributed by atoms with van der Waals surface area (Å²) in [6, 6.07) is 0. The molecule has 318 valence electrons. The second kappa shape index (κ2) is 21.6. The van der Waals surface area contributed by atoms with E-state index >= 15 is 0 Å². The highest BCUT2D eigenvalue weighted by atomic mass is 32.3. The van der Waals surface area contributed by atoms with Crippen molar-refractivity contribution in [3.8, 4) is 0 Å². The van der Waals surface area contributed by atoms with Gasteiger partial charge in [-0.15, -0.1) is 11.8 Å². The highest BCUT2D eigenvalue weighted by molar-refractivity contribution is 8.02. The van der Waals surface area contributed by atoms with E-state index in [4.69, 9.17) is 42.4 Å². The number of carbonyl (C=O) groups excluding carboxylic acids is 1. The molecule has 24 nitrogen and oxygen atoms in total. The predicted molar refractivity (Wildman–Crippen MR) is 182 cm³/mol. The minimum Gasteiger partial charge on any atom is -0.479 e. The van der Waals surface area contributed by atoms with E-state index in [2.05, 4.69) is 18.8 Å². The monoisotopic (exact) mass is 858 g/mol. The van der Waals surface area contributed by atoms with E-state index in [1.54, 1.807) is 18.4 Å². The van der Waals surface area contributed by atoms with Crippen LogP contribution in [0.25, 0.3) is 0 Å². The van der Waals surface area contributed by atoms with Crippen LogP contribution in [0.3, 0.4) is 0 Å². The van der Waals surface area contributed by atoms with Gasteiger partial charge in [0, 0.05) is 31.7 Å². The first-order valence-corrected chi connectivity index (χ1v) is 20.2. The molecule has 0 bridgehead atoms. The summed E-state index contributed by atoms with van der Waals surface area (Å²) in [7, 11) is -8.85. The number of nitrogens with zero attached hydrogens (tertiary/aromatic N) is 1. The van der Waals surface area contributed by atoms with Crippen LogP contribution >= 0.6 is 11.8 Å². The quantitative estimate of drug-likeness (QED) is 0.0241. The summed E-state index contributed by atoms with van der Waals surface area (Å²) < 4.78 is 105. The Morgan fingerprint density at radius 2 is 1.47 bits per heavy atom. The van der Waals surface area contributed by atoms with E-state index in [9.17, 15) is 52.0 Å². The van der Waals surface area contributed by atoms with E-state index in [1.165, 1.54) is 18.7 Å². The Hall–Kier alpha value is -2.16. The van der Waals surface area contributed by atoms with Gasteiger partial charge in [0.1, 0.15) is 61.5 Å². The molecule has 0 aliphatic carbocycles. The zero-order valence-electron chi connectivity index (χ0n) is 29.5. The first kappa shape index (κ1) is 47.2. The Balaban J connectivity index is 1.70. The number of carbonyl (C=O) groups is 2. The third-order valence-electron chi connectivity index (χ3n) is 8.22. The fraction of sp³-hybridized carbons (Fsp3) is 0.821. The van der Waals surface area contributed by atoms with Crippen LogP contribution in [0, 0.1) is 5.92 Å². The Morgan fingerprint density at radius 1 is 0.855 bits per heavy atom. The summed E-state index contributed by atoms with van der Waals surface area (Å²) in [6.07, 6.45) is -19.7. The highest BCUT2D eigenvalue weighted by Crippen LogP contribution is 2.35. The number of ether oxygens (including phenoxy) is 6. The zero-order valence-corrected chi connectivity index (χ0v) is 31.9. The number of oxime groups is 1. The van der Waals surface area contributed by atoms with E-state index in [0.29, 0.717) is 18.7 Å². The molecule has 3 heterocycles. The van der Waals surface area contributed by atoms with Crippen LogP contribution in [0.2, 0.25) is 0 Å². The molecule has 3 fully saturated rings. The van der Waals surface area contributed by atoms with Gasteiger partial charge in [-0.2, -0.15) is 16.8 Å². The average molecular weight is 859 g/mol. The lowest BCUT2D eigenvalue weighted by Crippen LogP contribution is -2.65. The van der Waals surface area contributed by atoms with Crippen LogP contribution in [0.15, 0.2) is 16.6 Å². The molecule has 8 N–H and O–H groups in total. The molecule has 27 heteroatoms. The molecule has 0 aromatic carbocycles. The van der Waals surface area contributed by atoms with E-state index in [-0.39, 0.29) is 12.5 Å². The second-order valence-corrected chi connectivity index (χ2v) is 15.3.